The third-order valence-electron chi connectivity index (χ3n) is 7.95. The van der Waals surface area contributed by atoms with Gasteiger partial charge in [-0.15, -0.1) is 0 Å². The molecule has 35 heavy (non-hydrogen) atoms. The normalized spacial score (nSPS) is 31.5. The van der Waals surface area contributed by atoms with Gasteiger partial charge < -0.3 is 20.3 Å². The summed E-state index contributed by atoms with van der Waals surface area (Å²) in [6.45, 7) is 12.1. The van der Waals surface area contributed by atoms with Crippen molar-refractivity contribution in [1.29, 1.82) is 0 Å². The quantitative estimate of drug-likeness (QED) is 0.583. The maximum Gasteiger partial charge on any atom is 0.408 e. The van der Waals surface area contributed by atoms with Gasteiger partial charge in [0.15, 0.2) is 5.17 Å². The Balaban J connectivity index is 1.24. The molecule has 2 saturated carbocycles. The van der Waals surface area contributed by atoms with Crippen molar-refractivity contribution in [2.45, 2.75) is 108 Å². The highest BCUT2D eigenvalue weighted by atomic mass is 32.2. The molecule has 0 radical (unpaired) electrons. The monoisotopic (exact) mass is 506 g/mol. The van der Waals surface area contributed by atoms with Crippen LogP contribution in [-0.2, 0) is 14.3 Å². The molecule has 3 fully saturated rings. The lowest BCUT2D eigenvalue weighted by molar-refractivity contribution is -0.138. The van der Waals surface area contributed by atoms with Crippen molar-refractivity contribution in [2.24, 2.45) is 22.7 Å². The molecule has 3 amide bonds. The van der Waals surface area contributed by atoms with E-state index in [1.807, 2.05) is 11.8 Å². The second-order valence-corrected chi connectivity index (χ2v) is 14.2. The molecule has 2 aliphatic heterocycles. The van der Waals surface area contributed by atoms with E-state index in [0.717, 1.165) is 36.3 Å². The fraction of sp³-hybridized carbons (Fsp3) is 0.846. The van der Waals surface area contributed by atoms with Gasteiger partial charge in [0.05, 0.1) is 0 Å². The molecule has 4 aliphatic rings. The number of likely N-dealkylation sites (tertiary alicyclic amines) is 1. The van der Waals surface area contributed by atoms with Crippen LogP contribution in [0.15, 0.2) is 4.99 Å². The Morgan fingerprint density at radius 3 is 2.37 bits per heavy atom. The first kappa shape index (κ1) is 26.3. The van der Waals surface area contributed by atoms with E-state index in [0.29, 0.717) is 25.0 Å². The minimum Gasteiger partial charge on any atom is -0.444 e. The van der Waals surface area contributed by atoms with Gasteiger partial charge in [0.1, 0.15) is 15.9 Å². The van der Waals surface area contributed by atoms with E-state index in [1.54, 1.807) is 46.4 Å². The summed E-state index contributed by atoms with van der Waals surface area (Å²) in [7, 11) is 0. The topological polar surface area (TPSA) is 100 Å². The number of fused-ring (bicyclic) bond motifs is 2. The SMILES string of the molecule is CC(C)(C)OC(=O)NC(C)(C)C(=O)N1CCC(CC2(C)SC(N[C@H]3C[C@H]4CC[C@H]3C4)=NC2=O)CC1. The lowest BCUT2D eigenvalue weighted by Gasteiger charge is -2.38. The van der Waals surface area contributed by atoms with Crippen LogP contribution >= 0.6 is 11.8 Å². The van der Waals surface area contributed by atoms with Crippen LogP contribution in [0.1, 0.15) is 86.5 Å². The number of thioether (sulfide) groups is 1. The van der Waals surface area contributed by atoms with E-state index in [-0.39, 0.29) is 11.8 Å². The van der Waals surface area contributed by atoms with Crippen LogP contribution in [0.5, 0.6) is 0 Å². The number of nitrogens with one attached hydrogen (secondary N) is 2. The summed E-state index contributed by atoms with van der Waals surface area (Å²) < 4.78 is 4.78. The van der Waals surface area contributed by atoms with Gasteiger partial charge in [0, 0.05) is 19.1 Å². The van der Waals surface area contributed by atoms with Gasteiger partial charge in [0.25, 0.3) is 5.91 Å². The predicted molar refractivity (Wildman–Crippen MR) is 138 cm³/mol. The smallest absolute Gasteiger partial charge is 0.408 e. The molecule has 9 heteroatoms. The third-order valence-corrected chi connectivity index (χ3v) is 9.15. The Labute approximate surface area is 213 Å². The van der Waals surface area contributed by atoms with Crippen LogP contribution < -0.4 is 10.6 Å². The summed E-state index contributed by atoms with van der Waals surface area (Å²) in [6.07, 6.45) is 7.04. The van der Waals surface area contributed by atoms with Crippen molar-refractivity contribution in [3.8, 4) is 0 Å². The summed E-state index contributed by atoms with van der Waals surface area (Å²) in [5.41, 5.74) is -1.67. The zero-order valence-electron chi connectivity index (χ0n) is 22.1. The Hall–Kier alpha value is -1.77. The number of hydrogen-bond acceptors (Lipinski definition) is 6. The van der Waals surface area contributed by atoms with Crippen LogP contribution in [0, 0.1) is 17.8 Å². The molecule has 0 spiro atoms. The number of alkyl carbamates (subject to hydrolysis) is 1. The van der Waals surface area contributed by atoms with Gasteiger partial charge in [-0.25, -0.2) is 4.79 Å². The highest BCUT2D eigenvalue weighted by Gasteiger charge is 2.46. The zero-order chi connectivity index (χ0) is 25.6. The van der Waals surface area contributed by atoms with E-state index < -0.39 is 22.0 Å². The summed E-state index contributed by atoms with van der Waals surface area (Å²) in [5, 5.41) is 7.11. The Morgan fingerprint density at radius 1 is 1.11 bits per heavy atom. The largest absolute Gasteiger partial charge is 0.444 e. The summed E-state index contributed by atoms with van der Waals surface area (Å²) in [5.74, 6) is 1.80. The molecule has 4 atom stereocenters. The van der Waals surface area contributed by atoms with Crippen LogP contribution in [0.3, 0.4) is 0 Å². The van der Waals surface area contributed by atoms with Crippen molar-refractivity contribution in [1.82, 2.24) is 15.5 Å². The van der Waals surface area contributed by atoms with Crippen LogP contribution in [0.2, 0.25) is 0 Å². The van der Waals surface area contributed by atoms with Gasteiger partial charge >= 0.3 is 6.09 Å². The Morgan fingerprint density at radius 2 is 1.80 bits per heavy atom. The summed E-state index contributed by atoms with van der Waals surface area (Å²) in [4.78, 5) is 44.4. The second kappa shape index (κ2) is 9.60. The molecular formula is C26H42N4O4S. The van der Waals surface area contributed by atoms with E-state index in [2.05, 4.69) is 15.6 Å². The lowest BCUT2D eigenvalue weighted by atomic mass is 9.86. The maximum absolute atomic E-state index is 13.1. The highest BCUT2D eigenvalue weighted by molar-refractivity contribution is 8.16. The van der Waals surface area contributed by atoms with Gasteiger partial charge in [-0.2, -0.15) is 4.99 Å². The number of hydrogen-bond donors (Lipinski definition) is 2. The van der Waals surface area contributed by atoms with Crippen LogP contribution in [0.25, 0.3) is 0 Å². The molecule has 2 heterocycles. The molecular weight excluding hydrogens is 464 g/mol. The third kappa shape index (κ3) is 6.15. The summed E-state index contributed by atoms with van der Waals surface area (Å²) >= 11 is 1.60. The molecule has 2 bridgehead atoms. The van der Waals surface area contributed by atoms with E-state index in [1.165, 1.54) is 25.7 Å². The molecule has 0 aromatic heterocycles. The first-order valence-electron chi connectivity index (χ1n) is 13.1. The molecule has 4 rings (SSSR count). The zero-order valence-corrected chi connectivity index (χ0v) is 22.9. The van der Waals surface area contributed by atoms with Gasteiger partial charge in [0.2, 0.25) is 5.91 Å². The first-order valence-corrected chi connectivity index (χ1v) is 13.9. The molecule has 2 aliphatic carbocycles. The van der Waals surface area contributed by atoms with Crippen LogP contribution in [-0.4, -0.2) is 63.0 Å². The Bertz CT molecular complexity index is 890. The molecule has 1 saturated heterocycles. The van der Waals surface area contributed by atoms with Gasteiger partial charge in [-0.3, -0.25) is 9.59 Å². The molecule has 8 nitrogen and oxygen atoms in total. The highest BCUT2D eigenvalue weighted by Crippen LogP contribution is 2.46. The van der Waals surface area contributed by atoms with Crippen molar-refractivity contribution in [3.63, 3.8) is 0 Å². The number of nitrogens with zero attached hydrogens (tertiary/aromatic N) is 2. The molecule has 0 aromatic rings. The first-order chi connectivity index (χ1) is 16.2. The van der Waals surface area contributed by atoms with Crippen molar-refractivity contribution in [2.75, 3.05) is 13.1 Å². The van der Waals surface area contributed by atoms with Gasteiger partial charge in [-0.05, 0) is 97.8 Å². The second-order valence-electron chi connectivity index (χ2n) is 12.7. The lowest BCUT2D eigenvalue weighted by Crippen LogP contribution is -2.58. The number of piperidine rings is 1. The average Bonchev–Trinajstić information content (AvgIpc) is 3.41. The Kier molecular flexibility index (Phi) is 7.21. The number of amides is 3. The number of carbonyl (C=O) groups excluding carboxylic acids is 3. The number of ether oxygens (including phenoxy) is 1. The standard InChI is InChI=1S/C26H42N4O4S/c1-24(2,3)34-23(33)29-25(4,5)21(32)30-11-9-16(10-12-30)15-26(6)20(31)28-22(35-26)27-19-14-17-7-8-18(19)13-17/h16-19H,7-15H2,1-6H3,(H,29,33)(H,27,28,31)/t17-,18-,19-,26?/m0/s1. The molecule has 1 unspecified atom stereocenters. The van der Waals surface area contributed by atoms with Crippen molar-refractivity contribution < 1.29 is 19.1 Å². The van der Waals surface area contributed by atoms with E-state index in [9.17, 15) is 14.4 Å². The summed E-state index contributed by atoms with van der Waals surface area (Å²) in [6, 6.07) is 0.474. The fourth-order valence-corrected chi connectivity index (χ4v) is 7.38. The molecule has 196 valence electrons. The minimum absolute atomic E-state index is 0.0330. The van der Waals surface area contributed by atoms with E-state index >= 15 is 0 Å². The number of aliphatic imine (C=N–C) groups is 1. The van der Waals surface area contributed by atoms with E-state index in [4.69, 9.17) is 4.74 Å². The average molecular weight is 507 g/mol. The molecule has 2 N–H and O–H groups in total. The van der Waals surface area contributed by atoms with Crippen molar-refractivity contribution in [3.05, 3.63) is 0 Å². The maximum atomic E-state index is 13.1. The van der Waals surface area contributed by atoms with Crippen molar-refractivity contribution >= 4 is 34.8 Å². The number of amidine groups is 1. The number of carbonyl (C=O) groups is 3. The van der Waals surface area contributed by atoms with Crippen LogP contribution in [0.4, 0.5) is 4.79 Å². The minimum atomic E-state index is -1.05. The van der Waals surface area contributed by atoms with Gasteiger partial charge in [-0.1, -0.05) is 18.2 Å². The predicted octanol–water partition coefficient (Wildman–Crippen LogP) is 4.08. The molecule has 0 aromatic carbocycles. The fourth-order valence-electron chi connectivity index (χ4n) is 6.16. The number of rotatable bonds is 5.